The van der Waals surface area contributed by atoms with Crippen LogP contribution in [0, 0.1) is 0 Å². The van der Waals surface area contributed by atoms with Gasteiger partial charge in [-0.25, -0.2) is 0 Å². The van der Waals surface area contributed by atoms with Crippen LogP contribution in [0.25, 0.3) is 0 Å². The molecule has 1 atom stereocenters. The van der Waals surface area contributed by atoms with Crippen molar-refractivity contribution in [2.75, 3.05) is 17.2 Å². The molecule has 24 heavy (non-hydrogen) atoms. The lowest BCUT2D eigenvalue weighted by Crippen LogP contribution is -2.23. The first kappa shape index (κ1) is 18.5. The fourth-order valence-corrected chi connectivity index (χ4v) is 3.94. The first-order valence-corrected chi connectivity index (χ1v) is 9.45. The molecule has 0 saturated heterocycles. The molecule has 7 heteroatoms. The van der Waals surface area contributed by atoms with Gasteiger partial charge in [-0.2, -0.15) is 0 Å². The summed E-state index contributed by atoms with van der Waals surface area (Å²) in [7, 11) is 0. The number of rotatable bonds is 8. The van der Waals surface area contributed by atoms with E-state index < -0.39 is 0 Å². The van der Waals surface area contributed by atoms with E-state index in [0.717, 1.165) is 20.7 Å². The SMILES string of the molecule is C=CCNc1nnc(SC(C)C(=O)Nc2ccccc2C(C)C)s1. The molecule has 1 aromatic carbocycles. The Morgan fingerprint density at radius 3 is 2.79 bits per heavy atom. The molecular formula is C17H22N4OS2. The largest absolute Gasteiger partial charge is 0.357 e. The average Bonchev–Trinajstić information content (AvgIpc) is 3.00. The summed E-state index contributed by atoms with van der Waals surface area (Å²) in [5.74, 6) is 0.315. The molecular weight excluding hydrogens is 340 g/mol. The number of anilines is 2. The van der Waals surface area contributed by atoms with Gasteiger partial charge < -0.3 is 10.6 Å². The molecule has 0 bridgehead atoms. The van der Waals surface area contributed by atoms with Crippen LogP contribution in [0.1, 0.15) is 32.3 Å². The van der Waals surface area contributed by atoms with Gasteiger partial charge >= 0.3 is 0 Å². The Morgan fingerprint density at radius 2 is 2.08 bits per heavy atom. The first-order valence-electron chi connectivity index (χ1n) is 7.76. The highest BCUT2D eigenvalue weighted by molar-refractivity contribution is 8.02. The highest BCUT2D eigenvalue weighted by atomic mass is 32.2. The number of hydrogen-bond donors (Lipinski definition) is 2. The molecule has 1 unspecified atom stereocenters. The van der Waals surface area contributed by atoms with Gasteiger partial charge in [0.25, 0.3) is 0 Å². The molecule has 0 spiro atoms. The number of carbonyl (C=O) groups excluding carboxylic acids is 1. The Morgan fingerprint density at radius 1 is 1.33 bits per heavy atom. The zero-order valence-corrected chi connectivity index (χ0v) is 15.7. The molecule has 0 aliphatic carbocycles. The third-order valence-electron chi connectivity index (χ3n) is 3.29. The minimum atomic E-state index is -0.259. The Hall–Kier alpha value is -1.86. The Labute approximate surface area is 151 Å². The fraction of sp³-hybridized carbons (Fsp3) is 0.353. The zero-order chi connectivity index (χ0) is 17.5. The number of carbonyl (C=O) groups is 1. The van der Waals surface area contributed by atoms with E-state index in [1.54, 1.807) is 6.08 Å². The molecule has 1 amide bonds. The van der Waals surface area contributed by atoms with Crippen LogP contribution in [0.15, 0.2) is 41.3 Å². The van der Waals surface area contributed by atoms with Crippen molar-refractivity contribution >= 4 is 39.8 Å². The summed E-state index contributed by atoms with van der Waals surface area (Å²) < 4.78 is 0.765. The lowest BCUT2D eigenvalue weighted by Gasteiger charge is -2.15. The van der Waals surface area contributed by atoms with Gasteiger partial charge in [-0.3, -0.25) is 4.79 Å². The minimum absolute atomic E-state index is 0.0381. The summed E-state index contributed by atoms with van der Waals surface area (Å²) in [6.07, 6.45) is 1.76. The van der Waals surface area contributed by atoms with Gasteiger partial charge in [0.05, 0.1) is 5.25 Å². The number of para-hydroxylation sites is 1. The van der Waals surface area contributed by atoms with Crippen LogP contribution < -0.4 is 10.6 Å². The van der Waals surface area contributed by atoms with Gasteiger partial charge in [0.2, 0.25) is 11.0 Å². The highest BCUT2D eigenvalue weighted by Crippen LogP contribution is 2.30. The molecule has 0 aliphatic heterocycles. The smallest absolute Gasteiger partial charge is 0.237 e. The number of nitrogens with one attached hydrogen (secondary N) is 2. The quantitative estimate of drug-likeness (QED) is 0.539. The Kier molecular flexibility index (Phi) is 6.81. The lowest BCUT2D eigenvalue weighted by atomic mass is 10.0. The molecule has 0 saturated carbocycles. The van der Waals surface area contributed by atoms with E-state index >= 15 is 0 Å². The minimum Gasteiger partial charge on any atom is -0.357 e. The van der Waals surface area contributed by atoms with E-state index in [1.165, 1.54) is 23.1 Å². The van der Waals surface area contributed by atoms with Crippen molar-refractivity contribution in [1.29, 1.82) is 0 Å². The van der Waals surface area contributed by atoms with E-state index in [9.17, 15) is 4.79 Å². The fourth-order valence-electron chi connectivity index (χ4n) is 2.04. The van der Waals surface area contributed by atoms with Crippen LogP contribution in [0.3, 0.4) is 0 Å². The predicted octanol–water partition coefficient (Wildman–Crippen LogP) is 4.38. The van der Waals surface area contributed by atoms with Crippen molar-refractivity contribution in [1.82, 2.24) is 10.2 Å². The summed E-state index contributed by atoms with van der Waals surface area (Å²) in [6, 6.07) is 7.90. The lowest BCUT2D eigenvalue weighted by molar-refractivity contribution is -0.115. The monoisotopic (exact) mass is 362 g/mol. The van der Waals surface area contributed by atoms with Gasteiger partial charge in [0.15, 0.2) is 4.34 Å². The third kappa shape index (κ3) is 5.07. The van der Waals surface area contributed by atoms with Crippen molar-refractivity contribution < 1.29 is 4.79 Å². The molecule has 2 rings (SSSR count). The molecule has 128 valence electrons. The number of benzene rings is 1. The van der Waals surface area contributed by atoms with Crippen molar-refractivity contribution in [2.24, 2.45) is 0 Å². The summed E-state index contributed by atoms with van der Waals surface area (Å²) in [5.41, 5.74) is 2.01. The average molecular weight is 363 g/mol. The Bertz CT molecular complexity index is 699. The van der Waals surface area contributed by atoms with Gasteiger partial charge in [-0.15, -0.1) is 16.8 Å². The topological polar surface area (TPSA) is 66.9 Å². The van der Waals surface area contributed by atoms with Gasteiger partial charge in [-0.05, 0) is 24.5 Å². The molecule has 0 aliphatic rings. The molecule has 1 heterocycles. The summed E-state index contributed by atoms with van der Waals surface area (Å²) >= 11 is 2.84. The summed E-state index contributed by atoms with van der Waals surface area (Å²) in [4.78, 5) is 12.5. The van der Waals surface area contributed by atoms with Crippen LogP contribution in [0.4, 0.5) is 10.8 Å². The van der Waals surface area contributed by atoms with Crippen molar-refractivity contribution in [3.05, 3.63) is 42.5 Å². The van der Waals surface area contributed by atoms with Gasteiger partial charge in [-0.1, -0.05) is 61.2 Å². The van der Waals surface area contributed by atoms with Crippen molar-refractivity contribution in [3.63, 3.8) is 0 Å². The first-order chi connectivity index (χ1) is 11.5. The number of amides is 1. The normalized spacial score (nSPS) is 12.0. The van der Waals surface area contributed by atoms with E-state index in [4.69, 9.17) is 0 Å². The number of hydrogen-bond acceptors (Lipinski definition) is 6. The third-order valence-corrected chi connectivity index (χ3v) is 5.36. The Balaban J connectivity index is 1.97. The highest BCUT2D eigenvalue weighted by Gasteiger charge is 2.18. The molecule has 2 N–H and O–H groups in total. The molecule has 0 radical (unpaired) electrons. The standard InChI is InChI=1S/C17H22N4OS2/c1-5-10-18-16-20-21-17(24-16)23-12(4)15(22)19-14-9-7-6-8-13(14)11(2)3/h5-9,11-12H,1,10H2,2-4H3,(H,18,20)(H,19,22). The van der Waals surface area contributed by atoms with E-state index in [-0.39, 0.29) is 11.2 Å². The maximum atomic E-state index is 12.5. The molecule has 1 aromatic heterocycles. The number of aromatic nitrogens is 2. The number of thioether (sulfide) groups is 1. The zero-order valence-electron chi connectivity index (χ0n) is 14.1. The number of nitrogens with zero attached hydrogens (tertiary/aromatic N) is 2. The molecule has 2 aromatic rings. The van der Waals surface area contributed by atoms with Crippen LogP contribution >= 0.6 is 23.1 Å². The van der Waals surface area contributed by atoms with Crippen molar-refractivity contribution in [2.45, 2.75) is 36.3 Å². The van der Waals surface area contributed by atoms with E-state index in [2.05, 4.69) is 41.3 Å². The van der Waals surface area contributed by atoms with Crippen LogP contribution in [-0.2, 0) is 4.79 Å². The van der Waals surface area contributed by atoms with Crippen LogP contribution in [0.5, 0.6) is 0 Å². The maximum Gasteiger partial charge on any atom is 0.237 e. The van der Waals surface area contributed by atoms with E-state index in [0.29, 0.717) is 12.5 Å². The maximum absolute atomic E-state index is 12.5. The van der Waals surface area contributed by atoms with Gasteiger partial charge in [0, 0.05) is 12.2 Å². The summed E-state index contributed by atoms with van der Waals surface area (Å²) in [5, 5.41) is 14.7. The van der Waals surface area contributed by atoms with Crippen molar-refractivity contribution in [3.8, 4) is 0 Å². The second-order valence-corrected chi connectivity index (χ2v) is 8.10. The second kappa shape index (κ2) is 8.84. The van der Waals surface area contributed by atoms with Gasteiger partial charge in [0.1, 0.15) is 0 Å². The summed E-state index contributed by atoms with van der Waals surface area (Å²) in [6.45, 7) is 10.4. The van der Waals surface area contributed by atoms with E-state index in [1.807, 2.05) is 31.2 Å². The predicted molar refractivity (Wildman–Crippen MR) is 103 cm³/mol. The molecule has 0 fully saturated rings. The van der Waals surface area contributed by atoms with Crippen LogP contribution in [-0.4, -0.2) is 27.9 Å². The van der Waals surface area contributed by atoms with Crippen LogP contribution in [0.2, 0.25) is 0 Å². The molecule has 5 nitrogen and oxygen atoms in total. The second-order valence-electron chi connectivity index (χ2n) is 5.53.